The second-order valence-corrected chi connectivity index (χ2v) is 6.42. The highest BCUT2D eigenvalue weighted by molar-refractivity contribution is 9.10. The maximum Gasteiger partial charge on any atom is 0.0465 e. The molecule has 2 aromatic carbocycles. The Hall–Kier alpha value is -1.28. The number of hydrogen-bond donors (Lipinski definition) is 1. The van der Waals surface area contributed by atoms with E-state index in [2.05, 4.69) is 64.2 Å². The van der Waals surface area contributed by atoms with E-state index in [9.17, 15) is 0 Å². The van der Waals surface area contributed by atoms with E-state index in [1.165, 1.54) is 59.5 Å². The average Bonchev–Trinajstić information content (AvgIpc) is 2.81. The van der Waals surface area contributed by atoms with E-state index in [1.54, 1.807) is 0 Å². The van der Waals surface area contributed by atoms with E-state index in [0.29, 0.717) is 0 Å². The lowest BCUT2D eigenvalue weighted by Gasteiger charge is -2.02. The number of aromatic amines is 1. The van der Waals surface area contributed by atoms with Gasteiger partial charge in [0, 0.05) is 26.3 Å². The van der Waals surface area contributed by atoms with E-state index >= 15 is 0 Å². The van der Waals surface area contributed by atoms with Crippen molar-refractivity contribution < 1.29 is 0 Å². The third-order valence-electron chi connectivity index (χ3n) is 3.94. The summed E-state index contributed by atoms with van der Waals surface area (Å²) in [7, 11) is 0. The third kappa shape index (κ3) is 2.76. The van der Waals surface area contributed by atoms with Crippen molar-refractivity contribution in [3.8, 4) is 0 Å². The van der Waals surface area contributed by atoms with Crippen molar-refractivity contribution in [2.24, 2.45) is 0 Å². The van der Waals surface area contributed by atoms with Crippen LogP contribution in [0.3, 0.4) is 0 Å². The fourth-order valence-electron chi connectivity index (χ4n) is 2.83. The van der Waals surface area contributed by atoms with E-state index in [0.717, 1.165) is 4.47 Å². The number of aromatic nitrogens is 1. The summed E-state index contributed by atoms with van der Waals surface area (Å²) in [6, 6.07) is 13.3. The number of rotatable bonds is 5. The number of aryl methyl sites for hydroxylation is 1. The molecule has 0 aliphatic carbocycles. The maximum absolute atomic E-state index is 3.57. The van der Waals surface area contributed by atoms with Crippen LogP contribution in [0, 0.1) is 0 Å². The van der Waals surface area contributed by atoms with Gasteiger partial charge in [-0.25, -0.2) is 0 Å². The molecule has 3 aromatic rings. The highest BCUT2D eigenvalue weighted by Crippen LogP contribution is 2.29. The topological polar surface area (TPSA) is 15.8 Å². The summed E-state index contributed by atoms with van der Waals surface area (Å²) in [6.45, 7) is 2.26. The van der Waals surface area contributed by atoms with Crippen molar-refractivity contribution in [3.05, 3.63) is 46.4 Å². The first-order valence-electron chi connectivity index (χ1n) is 7.48. The lowest BCUT2D eigenvalue weighted by Crippen LogP contribution is -1.85. The van der Waals surface area contributed by atoms with Crippen LogP contribution < -0.4 is 0 Å². The number of H-pyrrole nitrogens is 1. The molecule has 104 valence electrons. The summed E-state index contributed by atoms with van der Waals surface area (Å²) in [4.78, 5) is 3.49. The minimum atomic E-state index is 1.14. The van der Waals surface area contributed by atoms with Gasteiger partial charge in [0.1, 0.15) is 0 Å². The van der Waals surface area contributed by atoms with Crippen LogP contribution in [-0.4, -0.2) is 4.98 Å². The molecule has 0 amide bonds. The lowest BCUT2D eigenvalue weighted by atomic mass is 10.0. The first-order valence-corrected chi connectivity index (χ1v) is 8.27. The summed E-state index contributed by atoms with van der Waals surface area (Å²) in [6.07, 6.45) is 6.48. The Morgan fingerprint density at radius 1 is 0.900 bits per heavy atom. The second kappa shape index (κ2) is 6.01. The molecule has 0 radical (unpaired) electrons. The Labute approximate surface area is 128 Å². The minimum Gasteiger partial charge on any atom is -0.355 e. The highest BCUT2D eigenvalue weighted by atomic mass is 79.9. The van der Waals surface area contributed by atoms with Gasteiger partial charge in [0.25, 0.3) is 0 Å². The lowest BCUT2D eigenvalue weighted by molar-refractivity contribution is 0.667. The van der Waals surface area contributed by atoms with Gasteiger partial charge in [-0.2, -0.15) is 0 Å². The van der Waals surface area contributed by atoms with Crippen molar-refractivity contribution in [1.29, 1.82) is 0 Å². The molecule has 0 bridgehead atoms. The van der Waals surface area contributed by atoms with Crippen LogP contribution in [0.1, 0.15) is 38.2 Å². The minimum absolute atomic E-state index is 1.14. The average molecular weight is 330 g/mol. The molecule has 0 saturated heterocycles. The van der Waals surface area contributed by atoms with Crippen LogP contribution in [0.2, 0.25) is 0 Å². The van der Waals surface area contributed by atoms with Crippen LogP contribution in [-0.2, 0) is 6.42 Å². The molecule has 2 heteroatoms. The second-order valence-electron chi connectivity index (χ2n) is 5.51. The van der Waals surface area contributed by atoms with Crippen molar-refractivity contribution in [2.75, 3.05) is 0 Å². The van der Waals surface area contributed by atoms with E-state index in [-0.39, 0.29) is 0 Å². The fraction of sp³-hybridized carbons (Fsp3) is 0.333. The van der Waals surface area contributed by atoms with Gasteiger partial charge in [-0.1, -0.05) is 48.2 Å². The van der Waals surface area contributed by atoms with Crippen LogP contribution in [0.4, 0.5) is 0 Å². The molecule has 1 nitrogen and oxygen atoms in total. The summed E-state index contributed by atoms with van der Waals surface area (Å²) in [5.74, 6) is 0. The van der Waals surface area contributed by atoms with Crippen molar-refractivity contribution in [3.63, 3.8) is 0 Å². The van der Waals surface area contributed by atoms with Gasteiger partial charge in [0.05, 0.1) is 0 Å². The zero-order valence-corrected chi connectivity index (χ0v) is 13.5. The molecule has 0 unspecified atom stereocenters. The normalized spacial score (nSPS) is 11.5. The molecule has 1 heterocycles. The molecule has 0 spiro atoms. The molecular formula is C18H20BrN. The number of fused-ring (bicyclic) bond motifs is 3. The predicted octanol–water partition coefficient (Wildman–Crippen LogP) is 6.21. The number of hydrogen-bond acceptors (Lipinski definition) is 0. The Morgan fingerprint density at radius 2 is 1.65 bits per heavy atom. The molecule has 3 rings (SSSR count). The summed E-state index contributed by atoms with van der Waals surface area (Å²) in [5.41, 5.74) is 3.90. The Bertz CT molecular complexity index is 727. The molecule has 0 saturated carbocycles. The van der Waals surface area contributed by atoms with Crippen LogP contribution in [0.25, 0.3) is 21.8 Å². The van der Waals surface area contributed by atoms with Gasteiger partial charge in [-0.3, -0.25) is 0 Å². The van der Waals surface area contributed by atoms with Crippen molar-refractivity contribution in [1.82, 2.24) is 4.98 Å². The summed E-state index contributed by atoms with van der Waals surface area (Å²) >= 11 is 3.57. The molecule has 1 aromatic heterocycles. The number of halogens is 1. The van der Waals surface area contributed by atoms with Crippen LogP contribution in [0.5, 0.6) is 0 Å². The first-order chi connectivity index (χ1) is 9.78. The highest BCUT2D eigenvalue weighted by Gasteiger charge is 2.05. The third-order valence-corrected chi connectivity index (χ3v) is 4.44. The largest absolute Gasteiger partial charge is 0.355 e. The number of benzene rings is 2. The van der Waals surface area contributed by atoms with E-state index in [1.807, 2.05) is 0 Å². The Balaban J connectivity index is 1.92. The van der Waals surface area contributed by atoms with Crippen LogP contribution in [0.15, 0.2) is 40.9 Å². The summed E-state index contributed by atoms with van der Waals surface area (Å²) in [5, 5.41) is 2.65. The maximum atomic E-state index is 3.57. The SMILES string of the molecule is CCCCCCc1ccc2[nH]c3ccc(Br)cc3c2c1. The van der Waals surface area contributed by atoms with Gasteiger partial charge in [0.15, 0.2) is 0 Å². The monoisotopic (exact) mass is 329 g/mol. The van der Waals surface area contributed by atoms with Gasteiger partial charge in [-0.15, -0.1) is 0 Å². The zero-order chi connectivity index (χ0) is 13.9. The summed E-state index contributed by atoms with van der Waals surface area (Å²) < 4.78 is 1.14. The first kappa shape index (κ1) is 13.7. The number of unbranched alkanes of at least 4 members (excludes halogenated alkanes) is 3. The Kier molecular flexibility index (Phi) is 4.11. The molecule has 0 fully saturated rings. The standard InChI is InChI=1S/C18H20BrN/c1-2-3-4-5-6-13-7-9-17-15(11-13)16-12-14(19)8-10-18(16)20-17/h7-12,20H,2-6H2,1H3. The smallest absolute Gasteiger partial charge is 0.0465 e. The predicted molar refractivity (Wildman–Crippen MR) is 91.4 cm³/mol. The molecule has 0 aliphatic rings. The van der Waals surface area contributed by atoms with Crippen molar-refractivity contribution >= 4 is 37.7 Å². The Morgan fingerprint density at radius 3 is 2.45 bits per heavy atom. The van der Waals surface area contributed by atoms with E-state index < -0.39 is 0 Å². The van der Waals surface area contributed by atoms with Gasteiger partial charge in [-0.05, 0) is 48.7 Å². The van der Waals surface area contributed by atoms with Crippen LogP contribution >= 0.6 is 15.9 Å². The number of nitrogens with one attached hydrogen (secondary N) is 1. The quantitative estimate of drug-likeness (QED) is 0.536. The molecular weight excluding hydrogens is 310 g/mol. The van der Waals surface area contributed by atoms with Gasteiger partial charge >= 0.3 is 0 Å². The molecule has 20 heavy (non-hydrogen) atoms. The molecule has 1 N–H and O–H groups in total. The zero-order valence-electron chi connectivity index (χ0n) is 11.9. The van der Waals surface area contributed by atoms with Gasteiger partial charge in [0.2, 0.25) is 0 Å². The van der Waals surface area contributed by atoms with Crippen molar-refractivity contribution in [2.45, 2.75) is 39.0 Å². The molecule has 0 atom stereocenters. The van der Waals surface area contributed by atoms with E-state index in [4.69, 9.17) is 0 Å². The van der Waals surface area contributed by atoms with Gasteiger partial charge < -0.3 is 4.98 Å². The molecule has 0 aliphatic heterocycles. The fourth-order valence-corrected chi connectivity index (χ4v) is 3.19.